The summed E-state index contributed by atoms with van der Waals surface area (Å²) in [6.45, 7) is 4.21. The third-order valence-electron chi connectivity index (χ3n) is 6.07. The molecule has 2 aromatic carbocycles. The van der Waals surface area contributed by atoms with E-state index in [2.05, 4.69) is 51.8 Å². The zero-order valence-electron chi connectivity index (χ0n) is 18.2. The molecule has 0 saturated carbocycles. The highest BCUT2D eigenvalue weighted by molar-refractivity contribution is 7.80. The first-order chi connectivity index (χ1) is 16.0. The van der Waals surface area contributed by atoms with E-state index in [9.17, 15) is 0 Å². The fourth-order valence-corrected chi connectivity index (χ4v) is 5.50. The molecule has 2 atom stereocenters. The lowest BCUT2D eigenvalue weighted by Crippen LogP contribution is -2.29. The monoisotopic (exact) mass is 492 g/mol. The number of halogens is 2. The van der Waals surface area contributed by atoms with Crippen LogP contribution >= 0.6 is 35.4 Å². The fraction of sp³-hybridized carbons (Fsp3) is 0.154. The SMILES string of the molecule is Cc1cc([C@@H]2[C@H](c3ccccn3)NC(=S)N2c2ccccc2)c(C)n1-c1ccc(Cl)cc1Cl. The molecule has 1 N–H and O–H groups in total. The molecule has 1 aliphatic rings. The molecular weight excluding hydrogens is 471 g/mol. The summed E-state index contributed by atoms with van der Waals surface area (Å²) in [5, 5.41) is 5.42. The van der Waals surface area contributed by atoms with Crippen LogP contribution in [0.5, 0.6) is 0 Å². The van der Waals surface area contributed by atoms with Gasteiger partial charge in [0.25, 0.3) is 0 Å². The van der Waals surface area contributed by atoms with Crippen molar-refractivity contribution < 1.29 is 0 Å². The highest BCUT2D eigenvalue weighted by Crippen LogP contribution is 2.44. The minimum atomic E-state index is -0.103. The Labute approximate surface area is 208 Å². The first-order valence-electron chi connectivity index (χ1n) is 10.7. The van der Waals surface area contributed by atoms with Crippen molar-refractivity contribution in [2.24, 2.45) is 0 Å². The first-order valence-corrected chi connectivity index (χ1v) is 11.8. The molecule has 3 heterocycles. The Morgan fingerprint density at radius 3 is 2.39 bits per heavy atom. The molecule has 2 aromatic heterocycles. The van der Waals surface area contributed by atoms with E-state index in [-0.39, 0.29) is 12.1 Å². The molecule has 5 rings (SSSR count). The van der Waals surface area contributed by atoms with Crippen molar-refractivity contribution in [2.45, 2.75) is 25.9 Å². The number of para-hydroxylation sites is 1. The van der Waals surface area contributed by atoms with Gasteiger partial charge in [-0.25, -0.2) is 0 Å². The molecule has 7 heteroatoms. The Hall–Kier alpha value is -2.86. The van der Waals surface area contributed by atoms with E-state index < -0.39 is 0 Å². The van der Waals surface area contributed by atoms with Gasteiger partial charge in [0.15, 0.2) is 5.11 Å². The molecule has 4 aromatic rings. The van der Waals surface area contributed by atoms with Gasteiger partial charge in [0, 0.05) is 28.3 Å². The van der Waals surface area contributed by atoms with Gasteiger partial charge in [-0.1, -0.05) is 47.5 Å². The van der Waals surface area contributed by atoms with Crippen molar-refractivity contribution in [3.63, 3.8) is 0 Å². The highest BCUT2D eigenvalue weighted by Gasteiger charge is 2.42. The van der Waals surface area contributed by atoms with Crippen molar-refractivity contribution >= 4 is 46.2 Å². The summed E-state index contributed by atoms with van der Waals surface area (Å²) < 4.78 is 2.17. The van der Waals surface area contributed by atoms with E-state index in [0.29, 0.717) is 15.2 Å². The van der Waals surface area contributed by atoms with Crippen LogP contribution in [0.4, 0.5) is 5.69 Å². The van der Waals surface area contributed by atoms with Crippen molar-refractivity contribution in [3.8, 4) is 5.69 Å². The molecule has 0 unspecified atom stereocenters. The molecule has 33 heavy (non-hydrogen) atoms. The van der Waals surface area contributed by atoms with Crippen LogP contribution < -0.4 is 10.2 Å². The minimum Gasteiger partial charge on any atom is -0.351 e. The summed E-state index contributed by atoms with van der Waals surface area (Å²) in [6.07, 6.45) is 1.82. The lowest BCUT2D eigenvalue weighted by atomic mass is 9.96. The van der Waals surface area contributed by atoms with Gasteiger partial charge in [-0.15, -0.1) is 0 Å². The second kappa shape index (κ2) is 8.82. The molecule has 0 aliphatic carbocycles. The van der Waals surface area contributed by atoms with Crippen molar-refractivity contribution in [1.29, 1.82) is 0 Å². The van der Waals surface area contributed by atoms with Gasteiger partial charge in [0.1, 0.15) is 0 Å². The minimum absolute atomic E-state index is 0.0826. The summed E-state index contributed by atoms with van der Waals surface area (Å²) >= 11 is 18.6. The van der Waals surface area contributed by atoms with E-state index >= 15 is 0 Å². The standard InChI is InChI=1S/C26H22Cl2N4S/c1-16-14-20(17(2)31(16)23-12-11-18(27)15-21(23)28)25-24(22-10-6-7-13-29-22)30-26(33)32(25)19-8-4-3-5-9-19/h3-15,24-25H,1-2H3,(H,30,33)/t24-,25+/m0/s1. The Morgan fingerprint density at radius 2 is 1.70 bits per heavy atom. The number of benzene rings is 2. The predicted molar refractivity (Wildman–Crippen MR) is 140 cm³/mol. The Kier molecular flexibility index (Phi) is 5.87. The van der Waals surface area contributed by atoms with Crippen LogP contribution in [-0.2, 0) is 0 Å². The normalized spacial score (nSPS) is 17.9. The van der Waals surface area contributed by atoms with Crippen LogP contribution in [0.25, 0.3) is 5.69 Å². The third kappa shape index (κ3) is 3.90. The second-order valence-electron chi connectivity index (χ2n) is 8.09. The van der Waals surface area contributed by atoms with Gasteiger partial charge in [-0.05, 0) is 80.2 Å². The van der Waals surface area contributed by atoms with Gasteiger partial charge >= 0.3 is 0 Å². The lowest BCUT2D eigenvalue weighted by Gasteiger charge is -2.28. The number of aromatic nitrogens is 2. The zero-order valence-corrected chi connectivity index (χ0v) is 20.5. The lowest BCUT2D eigenvalue weighted by molar-refractivity contribution is 0.565. The smallest absolute Gasteiger partial charge is 0.174 e. The number of nitrogens with zero attached hydrogens (tertiary/aromatic N) is 3. The van der Waals surface area contributed by atoms with Crippen LogP contribution in [-0.4, -0.2) is 14.7 Å². The predicted octanol–water partition coefficient (Wildman–Crippen LogP) is 6.97. The molecule has 1 fully saturated rings. The van der Waals surface area contributed by atoms with Crippen molar-refractivity contribution in [2.75, 3.05) is 4.90 Å². The molecule has 1 aliphatic heterocycles. The number of thiocarbonyl (C=S) groups is 1. The number of aryl methyl sites for hydroxylation is 1. The summed E-state index contributed by atoms with van der Waals surface area (Å²) in [5.41, 5.74) is 6.21. The summed E-state index contributed by atoms with van der Waals surface area (Å²) in [5.74, 6) is 0. The molecule has 4 nitrogen and oxygen atoms in total. The molecule has 0 amide bonds. The Bertz CT molecular complexity index is 1320. The summed E-state index contributed by atoms with van der Waals surface area (Å²) in [7, 11) is 0. The molecule has 0 bridgehead atoms. The molecular formula is C26H22Cl2N4S. The van der Waals surface area contributed by atoms with Crippen LogP contribution in [0.2, 0.25) is 10.0 Å². The van der Waals surface area contributed by atoms with Crippen molar-refractivity contribution in [3.05, 3.63) is 112 Å². The molecule has 0 spiro atoms. The number of pyridine rings is 1. The Balaban J connectivity index is 1.69. The van der Waals surface area contributed by atoms with Gasteiger partial charge < -0.3 is 14.8 Å². The van der Waals surface area contributed by atoms with Gasteiger partial charge in [-0.2, -0.15) is 0 Å². The van der Waals surface area contributed by atoms with E-state index in [4.69, 9.17) is 35.4 Å². The third-order valence-corrected chi connectivity index (χ3v) is 6.92. The van der Waals surface area contributed by atoms with Crippen molar-refractivity contribution in [1.82, 2.24) is 14.9 Å². The quantitative estimate of drug-likeness (QED) is 0.311. The van der Waals surface area contributed by atoms with Gasteiger partial charge in [0.05, 0.1) is 28.5 Å². The van der Waals surface area contributed by atoms with Gasteiger partial charge in [0.2, 0.25) is 0 Å². The maximum Gasteiger partial charge on any atom is 0.174 e. The number of anilines is 1. The Morgan fingerprint density at radius 1 is 0.939 bits per heavy atom. The summed E-state index contributed by atoms with van der Waals surface area (Å²) in [6, 6.07) is 23.8. The molecule has 166 valence electrons. The van der Waals surface area contributed by atoms with Crippen LogP contribution in [0, 0.1) is 13.8 Å². The van der Waals surface area contributed by atoms with E-state index in [1.807, 2.05) is 54.7 Å². The topological polar surface area (TPSA) is 33.1 Å². The first kappa shape index (κ1) is 22.0. The second-order valence-corrected chi connectivity index (χ2v) is 9.32. The highest BCUT2D eigenvalue weighted by atomic mass is 35.5. The van der Waals surface area contributed by atoms with Crippen LogP contribution in [0.15, 0.2) is 79.0 Å². The average Bonchev–Trinajstić information content (AvgIpc) is 3.31. The van der Waals surface area contributed by atoms with Gasteiger partial charge in [-0.3, -0.25) is 4.98 Å². The van der Waals surface area contributed by atoms with E-state index in [0.717, 1.165) is 34.0 Å². The number of hydrogen-bond acceptors (Lipinski definition) is 2. The number of nitrogens with one attached hydrogen (secondary N) is 1. The maximum absolute atomic E-state index is 6.59. The maximum atomic E-state index is 6.59. The van der Waals surface area contributed by atoms with Crippen LogP contribution in [0.1, 0.15) is 34.7 Å². The largest absolute Gasteiger partial charge is 0.351 e. The molecule has 0 radical (unpaired) electrons. The average molecular weight is 493 g/mol. The van der Waals surface area contributed by atoms with E-state index in [1.54, 1.807) is 6.07 Å². The molecule has 1 saturated heterocycles. The number of hydrogen-bond donors (Lipinski definition) is 1. The zero-order chi connectivity index (χ0) is 23.1. The van der Waals surface area contributed by atoms with E-state index in [1.165, 1.54) is 0 Å². The summed E-state index contributed by atoms with van der Waals surface area (Å²) in [4.78, 5) is 6.83. The van der Waals surface area contributed by atoms with Crippen LogP contribution in [0.3, 0.4) is 0 Å². The fourth-order valence-electron chi connectivity index (χ4n) is 4.66. The number of rotatable bonds is 4.